The van der Waals surface area contributed by atoms with E-state index in [-0.39, 0.29) is 28.7 Å². The average molecular weight is 507 g/mol. The van der Waals surface area contributed by atoms with Crippen molar-refractivity contribution < 1.29 is 31.8 Å². The van der Waals surface area contributed by atoms with E-state index in [0.717, 1.165) is 6.07 Å². The Balaban J connectivity index is 1.75. The van der Waals surface area contributed by atoms with Crippen molar-refractivity contribution in [3.05, 3.63) is 52.6 Å². The van der Waals surface area contributed by atoms with Gasteiger partial charge in [0.1, 0.15) is 23.2 Å². The molecule has 1 aromatic heterocycles. The molecule has 0 saturated carbocycles. The number of fused-ring (bicyclic) bond motifs is 1. The van der Waals surface area contributed by atoms with Crippen molar-refractivity contribution in [1.29, 1.82) is 0 Å². The van der Waals surface area contributed by atoms with E-state index < -0.39 is 23.6 Å². The highest BCUT2D eigenvalue weighted by Gasteiger charge is 2.36. The van der Waals surface area contributed by atoms with Gasteiger partial charge in [0.15, 0.2) is 0 Å². The number of nitrogens with zero attached hydrogens (tertiary/aromatic N) is 3. The SMILES string of the molecule is COc1cc2c(N[C@H](C)c3cc(N)cc(C(F)(F)F)c3F)nc(C)nc2cc1C(=O)N1CCOCC1. The van der Waals surface area contributed by atoms with E-state index >= 15 is 0 Å². The molecule has 0 aliphatic carbocycles. The molecule has 0 radical (unpaired) electrons. The molecule has 1 aliphatic heterocycles. The molecule has 36 heavy (non-hydrogen) atoms. The number of nitrogens with one attached hydrogen (secondary N) is 1. The summed E-state index contributed by atoms with van der Waals surface area (Å²) < 4.78 is 65.5. The molecule has 8 nitrogen and oxygen atoms in total. The van der Waals surface area contributed by atoms with E-state index in [4.69, 9.17) is 15.2 Å². The van der Waals surface area contributed by atoms with Gasteiger partial charge in [0.2, 0.25) is 0 Å². The number of hydrogen-bond donors (Lipinski definition) is 2. The van der Waals surface area contributed by atoms with Gasteiger partial charge in [0.05, 0.1) is 43.0 Å². The number of rotatable bonds is 5. The van der Waals surface area contributed by atoms with Crippen LogP contribution in [0.3, 0.4) is 0 Å². The molecule has 1 atom stereocenters. The molecular weight excluding hydrogens is 482 g/mol. The van der Waals surface area contributed by atoms with Crippen LogP contribution in [0.15, 0.2) is 24.3 Å². The molecule has 0 unspecified atom stereocenters. The molecule has 1 saturated heterocycles. The van der Waals surface area contributed by atoms with E-state index in [1.807, 2.05) is 0 Å². The number of carbonyl (C=O) groups is 1. The van der Waals surface area contributed by atoms with Crippen molar-refractivity contribution in [2.75, 3.05) is 44.5 Å². The molecule has 192 valence electrons. The number of carbonyl (C=O) groups excluding carboxylic acids is 1. The number of aryl methyl sites for hydroxylation is 1. The van der Waals surface area contributed by atoms with E-state index in [9.17, 15) is 22.4 Å². The Morgan fingerprint density at radius 2 is 1.89 bits per heavy atom. The van der Waals surface area contributed by atoms with Gasteiger partial charge in [-0.3, -0.25) is 4.79 Å². The Hall–Kier alpha value is -3.67. The fraction of sp³-hybridized carbons (Fsp3) is 0.375. The lowest BCUT2D eigenvalue weighted by Gasteiger charge is -2.27. The predicted octanol–water partition coefficient (Wildman–Crippen LogP) is 4.33. The topological polar surface area (TPSA) is 103 Å². The quantitative estimate of drug-likeness (QED) is 0.391. The molecule has 12 heteroatoms. The summed E-state index contributed by atoms with van der Waals surface area (Å²) in [6.45, 7) is 4.88. The fourth-order valence-electron chi connectivity index (χ4n) is 4.13. The second-order valence-corrected chi connectivity index (χ2v) is 8.43. The van der Waals surface area contributed by atoms with Crippen molar-refractivity contribution in [2.45, 2.75) is 26.1 Å². The van der Waals surface area contributed by atoms with Crippen LogP contribution in [0.25, 0.3) is 10.9 Å². The van der Waals surface area contributed by atoms with Crippen LogP contribution in [-0.2, 0) is 10.9 Å². The van der Waals surface area contributed by atoms with Gasteiger partial charge in [0, 0.05) is 29.7 Å². The highest BCUT2D eigenvalue weighted by Crippen LogP contribution is 2.37. The van der Waals surface area contributed by atoms with Gasteiger partial charge >= 0.3 is 6.18 Å². The van der Waals surface area contributed by atoms with Crippen LogP contribution in [0.1, 0.15) is 40.3 Å². The largest absolute Gasteiger partial charge is 0.496 e. The number of amides is 1. The minimum atomic E-state index is -4.90. The van der Waals surface area contributed by atoms with Gasteiger partial charge in [-0.2, -0.15) is 13.2 Å². The second kappa shape index (κ2) is 9.76. The first kappa shape index (κ1) is 25.4. The number of halogens is 4. The van der Waals surface area contributed by atoms with E-state index in [1.165, 1.54) is 14.0 Å². The maximum absolute atomic E-state index is 14.8. The number of alkyl halides is 3. The Morgan fingerprint density at radius 1 is 1.19 bits per heavy atom. The number of hydrogen-bond acceptors (Lipinski definition) is 7. The predicted molar refractivity (Wildman–Crippen MR) is 125 cm³/mol. The van der Waals surface area contributed by atoms with Crippen LogP contribution in [0.4, 0.5) is 29.1 Å². The van der Waals surface area contributed by atoms with Crippen LogP contribution in [0.2, 0.25) is 0 Å². The summed E-state index contributed by atoms with van der Waals surface area (Å²) >= 11 is 0. The minimum Gasteiger partial charge on any atom is -0.496 e. The van der Waals surface area contributed by atoms with Gasteiger partial charge in [-0.05, 0) is 38.1 Å². The zero-order valence-corrected chi connectivity index (χ0v) is 19.9. The lowest BCUT2D eigenvalue weighted by molar-refractivity contribution is -0.140. The molecule has 3 aromatic rings. The molecular formula is C24H25F4N5O3. The number of aromatic nitrogens is 2. The lowest BCUT2D eigenvalue weighted by atomic mass is 10.0. The summed E-state index contributed by atoms with van der Waals surface area (Å²) in [5.74, 6) is -0.794. The fourth-order valence-corrected chi connectivity index (χ4v) is 4.13. The van der Waals surface area contributed by atoms with Gasteiger partial charge in [-0.15, -0.1) is 0 Å². The maximum Gasteiger partial charge on any atom is 0.419 e. The Labute approximate surface area is 204 Å². The number of morpholine rings is 1. The molecule has 1 aliphatic rings. The smallest absolute Gasteiger partial charge is 0.419 e. The third kappa shape index (κ3) is 4.99. The van der Waals surface area contributed by atoms with E-state index in [0.29, 0.717) is 54.7 Å². The third-order valence-electron chi connectivity index (χ3n) is 5.91. The van der Waals surface area contributed by atoms with E-state index in [1.54, 1.807) is 24.0 Å². The van der Waals surface area contributed by atoms with Crippen LogP contribution < -0.4 is 15.8 Å². The Bertz CT molecular complexity index is 1310. The Kier molecular flexibility index (Phi) is 6.90. The molecule has 2 heterocycles. The zero-order valence-electron chi connectivity index (χ0n) is 19.9. The minimum absolute atomic E-state index is 0.218. The third-order valence-corrected chi connectivity index (χ3v) is 5.91. The van der Waals surface area contributed by atoms with Crippen LogP contribution in [0, 0.1) is 12.7 Å². The van der Waals surface area contributed by atoms with Gasteiger partial charge < -0.3 is 25.4 Å². The summed E-state index contributed by atoms with van der Waals surface area (Å²) in [7, 11) is 1.42. The standard InChI is InChI=1S/C24H25F4N5O3/c1-12(15-8-14(29)9-18(21(15)25)24(26,27)28)30-22-16-11-20(35-3)17(10-19(16)31-13(2)32-22)23(34)33-4-6-36-7-5-33/h8-12H,4-7,29H2,1-3H3,(H,30,31,32)/t12-/m1/s1. The Morgan fingerprint density at radius 3 is 2.53 bits per heavy atom. The summed E-state index contributed by atoms with van der Waals surface area (Å²) in [4.78, 5) is 23.6. The van der Waals surface area contributed by atoms with Gasteiger partial charge in [0.25, 0.3) is 5.91 Å². The molecule has 1 fully saturated rings. The van der Waals surface area contributed by atoms with Crippen molar-refractivity contribution >= 4 is 28.3 Å². The average Bonchev–Trinajstić information content (AvgIpc) is 2.83. The van der Waals surface area contributed by atoms with Crippen LogP contribution in [-0.4, -0.2) is 54.2 Å². The van der Waals surface area contributed by atoms with Gasteiger partial charge in [-0.1, -0.05) is 0 Å². The monoisotopic (exact) mass is 507 g/mol. The number of anilines is 2. The molecule has 1 amide bonds. The number of nitrogens with two attached hydrogens (primary N) is 1. The summed E-state index contributed by atoms with van der Waals surface area (Å²) in [5.41, 5.74) is 4.43. The van der Waals surface area contributed by atoms with Crippen molar-refractivity contribution in [1.82, 2.24) is 14.9 Å². The number of nitrogen functional groups attached to an aromatic ring is 1. The van der Waals surface area contributed by atoms with E-state index in [2.05, 4.69) is 15.3 Å². The maximum atomic E-state index is 14.8. The lowest BCUT2D eigenvalue weighted by Crippen LogP contribution is -2.40. The first-order valence-corrected chi connectivity index (χ1v) is 11.2. The first-order valence-electron chi connectivity index (χ1n) is 11.2. The van der Waals surface area contributed by atoms with Gasteiger partial charge in [-0.25, -0.2) is 14.4 Å². The van der Waals surface area contributed by atoms with Crippen LogP contribution >= 0.6 is 0 Å². The van der Waals surface area contributed by atoms with Crippen molar-refractivity contribution in [3.8, 4) is 5.75 Å². The summed E-state index contributed by atoms with van der Waals surface area (Å²) in [6.07, 6.45) is -4.90. The highest BCUT2D eigenvalue weighted by molar-refractivity contribution is 6.02. The molecule has 0 spiro atoms. The second-order valence-electron chi connectivity index (χ2n) is 8.43. The first-order chi connectivity index (χ1) is 17.0. The van der Waals surface area contributed by atoms with Crippen molar-refractivity contribution in [2.24, 2.45) is 0 Å². The van der Waals surface area contributed by atoms with Crippen LogP contribution in [0.5, 0.6) is 5.75 Å². The summed E-state index contributed by atoms with van der Waals surface area (Å²) in [6, 6.07) is 3.94. The zero-order chi connectivity index (χ0) is 26.2. The summed E-state index contributed by atoms with van der Waals surface area (Å²) in [5, 5.41) is 3.42. The molecule has 0 bridgehead atoms. The molecule has 3 N–H and O–H groups in total. The number of benzene rings is 2. The molecule has 4 rings (SSSR count). The molecule has 2 aromatic carbocycles. The number of methoxy groups -OCH3 is 1. The highest BCUT2D eigenvalue weighted by atomic mass is 19.4. The normalized spacial score (nSPS) is 15.1. The van der Waals surface area contributed by atoms with Crippen molar-refractivity contribution in [3.63, 3.8) is 0 Å². The number of ether oxygens (including phenoxy) is 2.